The Morgan fingerprint density at radius 2 is 1.75 bits per heavy atom. The van der Waals surface area contributed by atoms with E-state index in [-0.39, 0.29) is 76.6 Å². The van der Waals surface area contributed by atoms with Crippen molar-refractivity contribution in [2.24, 2.45) is 0 Å². The van der Waals surface area contributed by atoms with E-state index in [2.05, 4.69) is 29.9 Å². The topological polar surface area (TPSA) is 102 Å². The number of aromatic nitrogens is 3. The largest absolute Gasteiger partial charge is 0.573 e. The molecule has 4 aromatic rings. The van der Waals surface area contributed by atoms with E-state index in [1.165, 1.54) is 23.1 Å². The van der Waals surface area contributed by atoms with Crippen LogP contribution in [0.4, 0.5) is 42.2 Å². The van der Waals surface area contributed by atoms with E-state index >= 15 is 13.2 Å². The van der Waals surface area contributed by atoms with Gasteiger partial charge in [-0.25, -0.2) is 22.5 Å². The number of benzene rings is 2. The molecule has 3 unspecified atom stereocenters. The zero-order chi connectivity index (χ0) is 36.2. The van der Waals surface area contributed by atoms with Crippen LogP contribution in [0.5, 0.6) is 11.8 Å². The molecule has 0 aliphatic carbocycles. The van der Waals surface area contributed by atoms with Gasteiger partial charge < -0.3 is 20.1 Å². The second-order valence-electron chi connectivity index (χ2n) is 13.2. The molecule has 0 amide bonds. The summed E-state index contributed by atoms with van der Waals surface area (Å²) >= 11 is 0. The van der Waals surface area contributed by atoms with Crippen molar-refractivity contribution >= 4 is 33.2 Å². The van der Waals surface area contributed by atoms with E-state index in [0.29, 0.717) is 6.42 Å². The van der Waals surface area contributed by atoms with Crippen molar-refractivity contribution in [3.63, 3.8) is 0 Å². The minimum absolute atomic E-state index is 0.0428. The number of nitrogen functional groups attached to an aromatic ring is 1. The number of piperazine rings is 1. The number of ether oxygens (including phenoxy) is 2. The molecule has 0 bridgehead atoms. The number of rotatable bonds is 5. The van der Waals surface area contributed by atoms with E-state index in [0.717, 1.165) is 44.8 Å². The van der Waals surface area contributed by atoms with E-state index in [4.69, 9.17) is 10.5 Å². The second-order valence-corrected chi connectivity index (χ2v) is 13.2. The summed E-state index contributed by atoms with van der Waals surface area (Å²) in [6.07, 6.45) is -4.22. The first-order chi connectivity index (χ1) is 24.4. The monoisotopic (exact) mass is 721 g/mol. The number of nitrogens with zero attached hydrogens (tertiary/aromatic N) is 5. The number of aryl methyl sites for hydroxylation is 1. The first-order valence-electron chi connectivity index (χ1n) is 17.3. The molecule has 0 saturated carbocycles. The smallest absolute Gasteiger partial charge is 0.461 e. The zero-order valence-electron chi connectivity index (χ0n) is 28.1. The number of alkyl halides is 5. The molecule has 8 rings (SSSR count). The van der Waals surface area contributed by atoms with Gasteiger partial charge in [0.2, 0.25) is 0 Å². The van der Waals surface area contributed by atoms with Crippen molar-refractivity contribution in [1.82, 2.24) is 25.2 Å². The van der Waals surface area contributed by atoms with Gasteiger partial charge in [0.15, 0.2) is 30.0 Å². The van der Waals surface area contributed by atoms with E-state index in [9.17, 15) is 17.6 Å². The van der Waals surface area contributed by atoms with Crippen LogP contribution in [0.25, 0.3) is 32.9 Å². The summed E-state index contributed by atoms with van der Waals surface area (Å²) in [5.41, 5.74) is 5.17. The first kappa shape index (κ1) is 35.2. The number of nitrogens with one attached hydrogen (secondary N) is 1. The highest BCUT2D eigenvalue weighted by atomic mass is 19.4. The molecule has 51 heavy (non-hydrogen) atoms. The predicted molar refractivity (Wildman–Crippen MR) is 178 cm³/mol. The normalized spacial score (nSPS) is 22.9. The summed E-state index contributed by atoms with van der Waals surface area (Å²) in [6.45, 7) is 5.76. The Bertz CT molecular complexity index is 1950. The lowest BCUT2D eigenvalue weighted by molar-refractivity contribution is -0.275. The molecule has 274 valence electrons. The van der Waals surface area contributed by atoms with Crippen molar-refractivity contribution in [2.45, 2.75) is 89.3 Å². The van der Waals surface area contributed by atoms with Crippen molar-refractivity contribution in [3.05, 3.63) is 41.6 Å². The van der Waals surface area contributed by atoms with Gasteiger partial charge in [0, 0.05) is 16.6 Å². The molecule has 9 nitrogen and oxygen atoms in total. The van der Waals surface area contributed by atoms with Gasteiger partial charge in [-0.2, -0.15) is 9.97 Å². The van der Waals surface area contributed by atoms with Gasteiger partial charge in [0.05, 0.1) is 29.2 Å². The molecule has 16 heteroatoms. The lowest BCUT2D eigenvalue weighted by Gasteiger charge is -2.42. The van der Waals surface area contributed by atoms with Crippen molar-refractivity contribution in [3.8, 4) is 23.0 Å². The standard InChI is InChI=1S/C33H32F7N7O2.C2H6/c34-19-7-6-16-12-17(41)13-18(23(16)28(19)49-33(38,39)40)26-25(36)27-24-20(42-26)4-1-5-21-29(37)43-22(35)14-47(21)30(24)45-31(44-27)48-15-32-8-2-10-46(32)11-3-9-32;1-2/h6-7,12-13,21-22,29,43H,1-5,8-11,14-15,41H2;1-2H3. The Hall–Kier alpha value is -4.18. The average Bonchev–Trinajstić information content (AvgIpc) is 3.67. The van der Waals surface area contributed by atoms with Gasteiger partial charge in [-0.1, -0.05) is 19.9 Å². The Balaban J connectivity index is 0.00000200. The lowest BCUT2D eigenvalue weighted by Crippen LogP contribution is -2.60. The molecule has 3 fully saturated rings. The highest BCUT2D eigenvalue weighted by Crippen LogP contribution is 2.45. The molecule has 6 heterocycles. The lowest BCUT2D eigenvalue weighted by atomic mass is 9.95. The molecule has 4 aliphatic rings. The molecular formula is C35H38F7N7O2. The van der Waals surface area contributed by atoms with Gasteiger partial charge in [0.25, 0.3) is 0 Å². The molecule has 0 spiro atoms. The van der Waals surface area contributed by atoms with Gasteiger partial charge in [-0.15, -0.1) is 13.2 Å². The van der Waals surface area contributed by atoms with E-state index in [1.807, 2.05) is 13.8 Å². The minimum Gasteiger partial charge on any atom is -0.461 e. The molecule has 0 radical (unpaired) electrons. The van der Waals surface area contributed by atoms with Crippen LogP contribution in [0.2, 0.25) is 0 Å². The summed E-state index contributed by atoms with van der Waals surface area (Å²) in [5, 5.41) is 2.05. The van der Waals surface area contributed by atoms with Crippen molar-refractivity contribution in [1.29, 1.82) is 0 Å². The first-order valence-corrected chi connectivity index (χ1v) is 17.3. The maximum absolute atomic E-state index is 17.1. The number of anilines is 2. The highest BCUT2D eigenvalue weighted by Gasteiger charge is 2.45. The fourth-order valence-corrected chi connectivity index (χ4v) is 8.16. The van der Waals surface area contributed by atoms with Crippen LogP contribution in [-0.4, -0.2) is 76.6 Å². The van der Waals surface area contributed by atoms with Gasteiger partial charge in [-0.3, -0.25) is 10.2 Å². The summed E-state index contributed by atoms with van der Waals surface area (Å²) < 4.78 is 113. The number of nitrogens with two attached hydrogens (primary N) is 1. The molecule has 2 aromatic carbocycles. The summed E-state index contributed by atoms with van der Waals surface area (Å²) in [7, 11) is 0. The molecular weight excluding hydrogens is 683 g/mol. The minimum atomic E-state index is -5.27. The quantitative estimate of drug-likeness (QED) is 0.125. The Labute approximate surface area is 289 Å². The van der Waals surface area contributed by atoms with Crippen LogP contribution in [0.15, 0.2) is 24.3 Å². The van der Waals surface area contributed by atoms with E-state index in [1.54, 1.807) is 0 Å². The van der Waals surface area contributed by atoms with Crippen LogP contribution in [0.1, 0.15) is 58.1 Å². The molecule has 4 aliphatic heterocycles. The fourth-order valence-electron chi connectivity index (χ4n) is 8.16. The molecule has 2 aromatic heterocycles. The number of fused-ring (bicyclic) bond motifs is 4. The Kier molecular flexibility index (Phi) is 9.27. The van der Waals surface area contributed by atoms with Crippen LogP contribution in [-0.2, 0) is 6.42 Å². The third-order valence-electron chi connectivity index (χ3n) is 10.2. The zero-order valence-corrected chi connectivity index (χ0v) is 28.1. The van der Waals surface area contributed by atoms with E-state index < -0.39 is 53.5 Å². The summed E-state index contributed by atoms with van der Waals surface area (Å²) in [6, 6.07) is 3.46. The van der Waals surface area contributed by atoms with Crippen LogP contribution in [0, 0.1) is 11.6 Å². The maximum Gasteiger partial charge on any atom is 0.573 e. The number of hydrogen-bond donors (Lipinski definition) is 2. The third-order valence-corrected chi connectivity index (χ3v) is 10.2. The van der Waals surface area contributed by atoms with Gasteiger partial charge >= 0.3 is 12.4 Å². The second kappa shape index (κ2) is 13.4. The van der Waals surface area contributed by atoms with Gasteiger partial charge in [-0.05, 0) is 81.6 Å². The number of pyridine rings is 1. The highest BCUT2D eigenvalue weighted by molar-refractivity contribution is 6.04. The third kappa shape index (κ3) is 6.34. The Morgan fingerprint density at radius 1 is 1.00 bits per heavy atom. The molecule has 3 atom stereocenters. The predicted octanol–water partition coefficient (Wildman–Crippen LogP) is 7.34. The molecule has 3 saturated heterocycles. The van der Waals surface area contributed by atoms with Gasteiger partial charge in [0.1, 0.15) is 23.6 Å². The Morgan fingerprint density at radius 3 is 2.47 bits per heavy atom. The van der Waals surface area contributed by atoms with Crippen LogP contribution < -0.4 is 25.4 Å². The van der Waals surface area contributed by atoms with Crippen LogP contribution >= 0.6 is 0 Å². The summed E-state index contributed by atoms with van der Waals surface area (Å²) in [5.74, 6) is -3.53. The van der Waals surface area contributed by atoms with Crippen LogP contribution in [0.3, 0.4) is 0 Å². The fraction of sp³-hybridized carbons (Fsp3) is 0.514. The molecule has 3 N–H and O–H groups in total. The van der Waals surface area contributed by atoms with Crippen molar-refractivity contribution < 1.29 is 40.2 Å². The number of halogens is 7. The maximum atomic E-state index is 17.1. The number of hydrogen-bond acceptors (Lipinski definition) is 9. The SMILES string of the molecule is CC.Nc1cc(-c2nc3c4c(nc(OCC56CCCN5CCC6)nc4c2F)N2CC(F)NC(F)C2CCC3)c2c(OC(F)(F)F)c(F)ccc2c1. The average molecular weight is 722 g/mol. The van der Waals surface area contributed by atoms with Crippen molar-refractivity contribution in [2.75, 3.05) is 36.9 Å². The summed E-state index contributed by atoms with van der Waals surface area (Å²) in [4.78, 5) is 17.5.